The Hall–Kier alpha value is -0.866. The number of nitrogens with zero attached hydrogens (tertiary/aromatic N) is 1. The Morgan fingerprint density at radius 2 is 1.95 bits per heavy atom. The second kappa shape index (κ2) is 7.06. The number of rotatable bonds is 3. The molecule has 0 fully saturated rings. The van der Waals surface area contributed by atoms with Crippen molar-refractivity contribution < 1.29 is 45.9 Å². The third-order valence-electron chi connectivity index (χ3n) is 2.56. The molecule has 0 bridgehead atoms. The first kappa shape index (κ1) is 16.2. The van der Waals surface area contributed by atoms with Gasteiger partial charge in [-0.25, -0.2) is 13.2 Å². The maximum Gasteiger partial charge on any atom is 0.256 e. The topological polar surface area (TPSA) is 3.24 Å². The fraction of sp³-hybridized carbons (Fsp3) is 0.143. The molecule has 0 aromatic heterocycles. The van der Waals surface area contributed by atoms with Crippen molar-refractivity contribution in [1.29, 1.82) is 0 Å². The Kier molecular flexibility index (Phi) is 6.02. The average molecular weight is 339 g/mol. The maximum absolute atomic E-state index is 13.7. The minimum Gasteiger partial charge on any atom is -0.370 e. The number of benzene rings is 1. The predicted octanol–water partition coefficient (Wildman–Crippen LogP) is 3.62. The Morgan fingerprint density at radius 3 is 2.58 bits per heavy atom. The maximum atomic E-state index is 13.7. The smallest absolute Gasteiger partial charge is 0.256 e. The molecule has 1 aromatic rings. The predicted molar refractivity (Wildman–Crippen MR) is 64.0 cm³/mol. The van der Waals surface area contributed by atoms with Gasteiger partial charge in [0.2, 0.25) is 0 Å². The minimum absolute atomic E-state index is 0. The molecule has 0 saturated heterocycles. The molecule has 0 atom stereocenters. The summed E-state index contributed by atoms with van der Waals surface area (Å²) in [6.07, 6.45) is 3.37. The van der Waals surface area contributed by atoms with Crippen molar-refractivity contribution in [2.45, 2.75) is 6.43 Å². The zero-order chi connectivity index (χ0) is 13.1. The van der Waals surface area contributed by atoms with E-state index in [0.29, 0.717) is 5.70 Å². The zero-order valence-corrected chi connectivity index (χ0v) is 13.0. The number of hydrogen-bond donors (Lipinski definition) is 0. The molecule has 1 heterocycles. The zero-order valence-electron chi connectivity index (χ0n) is 10.1. The molecule has 19 heavy (non-hydrogen) atoms. The minimum atomic E-state index is -2.53. The van der Waals surface area contributed by atoms with Crippen molar-refractivity contribution in [3.63, 3.8) is 0 Å². The van der Waals surface area contributed by atoms with Crippen molar-refractivity contribution in [2.75, 3.05) is 6.54 Å². The van der Waals surface area contributed by atoms with E-state index in [0.717, 1.165) is 0 Å². The summed E-state index contributed by atoms with van der Waals surface area (Å²) >= 11 is 0. The van der Waals surface area contributed by atoms with Crippen molar-refractivity contribution in [2.24, 2.45) is 0 Å². The largest absolute Gasteiger partial charge is 0.370 e. The van der Waals surface area contributed by atoms with Crippen LogP contribution in [0.4, 0.5) is 13.2 Å². The number of halogens is 3. The Balaban J connectivity index is 0.00000180. The number of alkyl halides is 2. The van der Waals surface area contributed by atoms with Crippen LogP contribution in [0.2, 0.25) is 0 Å². The van der Waals surface area contributed by atoms with Crippen LogP contribution in [0.5, 0.6) is 0 Å². The number of allylic oxidation sites excluding steroid dienone is 3. The first-order valence-corrected chi connectivity index (χ1v) is 5.39. The summed E-state index contributed by atoms with van der Waals surface area (Å²) < 4.78 is 38.8. The van der Waals surface area contributed by atoms with Crippen LogP contribution in [0.1, 0.15) is 5.56 Å². The SMILES string of the molecule is C=C1C=C[C-]=C(c2ccccc2F)N1CC(F)F.[Y]. The molecule has 0 saturated carbocycles. The van der Waals surface area contributed by atoms with Crippen LogP contribution in [-0.2, 0) is 32.7 Å². The van der Waals surface area contributed by atoms with Gasteiger partial charge in [0.1, 0.15) is 0 Å². The van der Waals surface area contributed by atoms with Crippen LogP contribution in [0.15, 0.2) is 48.7 Å². The standard InChI is InChI=1S/C14H11F3N.Y/c1-10-5-4-8-13(18(10)9-14(16)17)11-6-2-3-7-12(11)15;/h2-7,14H,1,9H2;/q-1;. The van der Waals surface area contributed by atoms with Gasteiger partial charge in [-0.05, 0) is 11.8 Å². The molecule has 1 aliphatic rings. The molecule has 1 aliphatic heterocycles. The van der Waals surface area contributed by atoms with Gasteiger partial charge in [-0.2, -0.15) is 12.2 Å². The molecule has 0 unspecified atom stereocenters. The van der Waals surface area contributed by atoms with Gasteiger partial charge < -0.3 is 4.90 Å². The van der Waals surface area contributed by atoms with Crippen LogP contribution >= 0.6 is 0 Å². The monoisotopic (exact) mass is 339 g/mol. The van der Waals surface area contributed by atoms with E-state index in [1.165, 1.54) is 17.0 Å². The third kappa shape index (κ3) is 3.80. The van der Waals surface area contributed by atoms with Gasteiger partial charge in [0.15, 0.2) is 0 Å². The summed E-state index contributed by atoms with van der Waals surface area (Å²) in [6.45, 7) is 3.15. The van der Waals surface area contributed by atoms with Gasteiger partial charge >= 0.3 is 0 Å². The summed E-state index contributed by atoms with van der Waals surface area (Å²) in [7, 11) is 0. The van der Waals surface area contributed by atoms with Gasteiger partial charge in [0.25, 0.3) is 6.43 Å². The summed E-state index contributed by atoms with van der Waals surface area (Å²) in [6, 6.07) is 6.01. The van der Waals surface area contributed by atoms with Gasteiger partial charge in [-0.3, -0.25) is 0 Å². The van der Waals surface area contributed by atoms with E-state index in [4.69, 9.17) is 0 Å². The van der Waals surface area contributed by atoms with Crippen LogP contribution in [0, 0.1) is 11.9 Å². The van der Waals surface area contributed by atoms with Gasteiger partial charge in [-0.1, -0.05) is 30.0 Å². The molecule has 1 nitrogen and oxygen atoms in total. The van der Waals surface area contributed by atoms with Crippen LogP contribution in [-0.4, -0.2) is 17.9 Å². The second-order valence-corrected chi connectivity index (χ2v) is 3.80. The quantitative estimate of drug-likeness (QED) is 0.761. The average Bonchev–Trinajstić information content (AvgIpc) is 2.32. The van der Waals surface area contributed by atoms with Crippen molar-refractivity contribution in [3.05, 3.63) is 66.2 Å². The van der Waals surface area contributed by atoms with E-state index in [1.807, 2.05) is 0 Å². The molecule has 0 amide bonds. The molecule has 0 spiro atoms. The van der Waals surface area contributed by atoms with E-state index in [9.17, 15) is 13.2 Å². The van der Waals surface area contributed by atoms with Gasteiger partial charge in [0, 0.05) is 32.7 Å². The molecule has 1 aromatic carbocycles. The Bertz CT molecular complexity index is 523. The van der Waals surface area contributed by atoms with Crippen molar-refractivity contribution in [1.82, 2.24) is 4.90 Å². The summed E-state index contributed by atoms with van der Waals surface area (Å²) in [5.74, 6) is -0.470. The molecular weight excluding hydrogens is 328 g/mol. The molecule has 97 valence electrons. The first-order chi connectivity index (χ1) is 8.59. The van der Waals surface area contributed by atoms with E-state index < -0.39 is 18.8 Å². The summed E-state index contributed by atoms with van der Waals surface area (Å²) in [5, 5.41) is 0. The Labute approximate surface area is 135 Å². The van der Waals surface area contributed by atoms with Crippen LogP contribution < -0.4 is 0 Å². The summed E-state index contributed by atoms with van der Waals surface area (Å²) in [5.41, 5.74) is 0.914. The van der Waals surface area contributed by atoms with E-state index in [1.54, 1.807) is 24.3 Å². The second-order valence-electron chi connectivity index (χ2n) is 3.80. The van der Waals surface area contributed by atoms with E-state index in [2.05, 4.69) is 12.7 Å². The van der Waals surface area contributed by atoms with Gasteiger partial charge in [-0.15, -0.1) is 12.1 Å². The molecular formula is C14H11F3NY-. The molecule has 5 heteroatoms. The first-order valence-electron chi connectivity index (χ1n) is 5.39. The van der Waals surface area contributed by atoms with Crippen molar-refractivity contribution >= 4 is 5.70 Å². The molecule has 2 rings (SSSR count). The fourth-order valence-corrected chi connectivity index (χ4v) is 1.75. The molecule has 0 aliphatic carbocycles. The molecule has 1 radical (unpaired) electrons. The summed E-state index contributed by atoms with van der Waals surface area (Å²) in [4.78, 5) is 1.27. The molecule has 0 N–H and O–H groups in total. The van der Waals surface area contributed by atoms with Gasteiger partial charge in [0.05, 0.1) is 12.4 Å². The Morgan fingerprint density at radius 1 is 1.26 bits per heavy atom. The van der Waals surface area contributed by atoms with Crippen LogP contribution in [0.3, 0.4) is 0 Å². The third-order valence-corrected chi connectivity index (χ3v) is 2.56. The van der Waals surface area contributed by atoms with E-state index in [-0.39, 0.29) is 44.0 Å². The number of hydrogen-bond acceptors (Lipinski definition) is 1. The normalized spacial score (nSPS) is 14.4. The van der Waals surface area contributed by atoms with Crippen molar-refractivity contribution in [3.8, 4) is 0 Å². The van der Waals surface area contributed by atoms with E-state index >= 15 is 0 Å². The van der Waals surface area contributed by atoms with Crippen LogP contribution in [0.25, 0.3) is 5.70 Å². The fourth-order valence-electron chi connectivity index (χ4n) is 1.75.